The average molecular weight is 731 g/mol. The molecular formula is C41H45F3N4O3S. The molecule has 2 atom stereocenters. The fourth-order valence-corrected chi connectivity index (χ4v) is 7.92. The van der Waals surface area contributed by atoms with Gasteiger partial charge in [-0.15, -0.1) is 11.3 Å². The molecule has 11 heteroatoms. The predicted octanol–water partition coefficient (Wildman–Crippen LogP) is 9.15. The van der Waals surface area contributed by atoms with Crippen molar-refractivity contribution in [2.75, 3.05) is 33.3 Å². The molecule has 1 aliphatic heterocycles. The van der Waals surface area contributed by atoms with Gasteiger partial charge in [-0.05, 0) is 112 Å². The Bertz CT molecular complexity index is 2050. The number of amides is 1. The van der Waals surface area contributed by atoms with Crippen molar-refractivity contribution < 1.29 is 27.8 Å². The highest BCUT2D eigenvalue weighted by molar-refractivity contribution is 7.09. The second-order valence-corrected chi connectivity index (χ2v) is 14.3. The van der Waals surface area contributed by atoms with E-state index in [2.05, 4.69) is 66.2 Å². The fraction of sp³-hybridized carbons (Fsp3) is 0.366. The van der Waals surface area contributed by atoms with Crippen LogP contribution in [0.15, 0.2) is 78.3 Å². The highest BCUT2D eigenvalue weighted by atomic mass is 32.1. The van der Waals surface area contributed by atoms with Crippen LogP contribution in [-0.2, 0) is 23.8 Å². The minimum absolute atomic E-state index is 0.0445. The molecule has 1 amide bonds. The van der Waals surface area contributed by atoms with Crippen LogP contribution < -0.4 is 4.74 Å². The predicted molar refractivity (Wildman–Crippen MR) is 202 cm³/mol. The number of carbonyl (C=O) groups is 1. The lowest BCUT2D eigenvalue weighted by atomic mass is 9.79. The van der Waals surface area contributed by atoms with Crippen LogP contribution in [0.1, 0.15) is 54.0 Å². The van der Waals surface area contributed by atoms with E-state index in [1.807, 2.05) is 11.8 Å². The first-order chi connectivity index (χ1) is 25.0. The van der Waals surface area contributed by atoms with Gasteiger partial charge in [0.1, 0.15) is 11.5 Å². The number of fused-ring (bicyclic) bond motifs is 2. The third-order valence-corrected chi connectivity index (χ3v) is 10.8. The molecule has 2 aliphatic rings. The average Bonchev–Trinajstić information content (AvgIpc) is 3.79. The van der Waals surface area contributed by atoms with Crippen LogP contribution in [0, 0.1) is 12.8 Å². The fourth-order valence-electron chi connectivity index (χ4n) is 7.07. The first-order valence-corrected chi connectivity index (χ1v) is 18.7. The molecule has 3 heterocycles. The summed E-state index contributed by atoms with van der Waals surface area (Å²) in [5.41, 5.74) is 6.36. The number of aromatic hydroxyl groups is 1. The summed E-state index contributed by atoms with van der Waals surface area (Å²) in [5.74, 6) is 1.17. The Morgan fingerprint density at radius 1 is 1.10 bits per heavy atom. The number of phenols is 1. The second-order valence-electron chi connectivity index (χ2n) is 13.4. The van der Waals surface area contributed by atoms with E-state index in [4.69, 9.17) is 4.74 Å². The van der Waals surface area contributed by atoms with Crippen LogP contribution in [0.4, 0.5) is 13.2 Å². The molecule has 0 spiro atoms. The topological polar surface area (TPSA) is 81.7 Å². The highest BCUT2D eigenvalue weighted by Gasteiger charge is 2.36. The molecular weight excluding hydrogens is 686 g/mol. The monoisotopic (exact) mass is 730 g/mol. The Morgan fingerprint density at radius 2 is 1.88 bits per heavy atom. The van der Waals surface area contributed by atoms with Crippen molar-refractivity contribution >= 4 is 33.7 Å². The quantitative estimate of drug-likeness (QED) is 0.140. The number of aromatic amines is 1. The number of benzene rings is 3. The van der Waals surface area contributed by atoms with E-state index in [0.717, 1.165) is 73.8 Å². The van der Waals surface area contributed by atoms with Gasteiger partial charge in [-0.1, -0.05) is 30.3 Å². The molecule has 0 saturated heterocycles. The second kappa shape index (κ2) is 16.0. The van der Waals surface area contributed by atoms with Gasteiger partial charge < -0.3 is 19.7 Å². The Hall–Kier alpha value is -4.61. The number of alkyl halides is 3. The minimum Gasteiger partial charge on any atom is -0.508 e. The molecule has 5 aromatic rings. The van der Waals surface area contributed by atoms with Gasteiger partial charge in [-0.3, -0.25) is 9.69 Å². The number of carbonyl (C=O) groups excluding carboxylic acids is 1. The number of nitrogens with one attached hydrogen (secondary N) is 1. The SMILES string of the molecule is CCN(CC)C(=O)[C@@H]1C=C2c3cccc4[nH]cc(c34)C[C@H]2N(C)C1.Cc1cc(OCCCCc2nc(-c3cccc(C(F)(F)F)c3)cs2)ccc1O. The molecule has 0 fully saturated rings. The van der Waals surface area contributed by atoms with Gasteiger partial charge in [0.25, 0.3) is 0 Å². The number of H-pyrrole nitrogens is 1. The summed E-state index contributed by atoms with van der Waals surface area (Å²) in [5, 5.41) is 13.5. The van der Waals surface area contributed by atoms with E-state index >= 15 is 0 Å². The Morgan fingerprint density at radius 3 is 2.63 bits per heavy atom. The molecule has 2 N–H and O–H groups in total. The van der Waals surface area contributed by atoms with E-state index in [1.54, 1.807) is 29.6 Å². The van der Waals surface area contributed by atoms with Gasteiger partial charge in [0.05, 0.1) is 28.8 Å². The first-order valence-electron chi connectivity index (χ1n) is 17.8. The molecule has 0 radical (unpaired) electrons. The Kier molecular flexibility index (Phi) is 11.4. The van der Waals surface area contributed by atoms with Gasteiger partial charge in [0, 0.05) is 53.7 Å². The van der Waals surface area contributed by atoms with Crippen LogP contribution >= 0.6 is 11.3 Å². The molecule has 274 valence electrons. The smallest absolute Gasteiger partial charge is 0.416 e. The van der Waals surface area contributed by atoms with E-state index in [1.165, 1.54) is 45.0 Å². The molecule has 0 unspecified atom stereocenters. The molecule has 0 bridgehead atoms. The number of likely N-dealkylation sites (N-methyl/N-ethyl adjacent to an activating group) is 1. The number of halogens is 3. The molecule has 1 aliphatic carbocycles. The third-order valence-electron chi connectivity index (χ3n) is 9.92. The van der Waals surface area contributed by atoms with Gasteiger partial charge >= 0.3 is 6.18 Å². The molecule has 3 aromatic carbocycles. The van der Waals surface area contributed by atoms with Crippen LogP contribution in [-0.4, -0.2) is 70.1 Å². The van der Waals surface area contributed by atoms with Crippen LogP contribution in [0.3, 0.4) is 0 Å². The summed E-state index contributed by atoms with van der Waals surface area (Å²) in [6.07, 6.45) is 3.50. The third kappa shape index (κ3) is 8.21. The lowest BCUT2D eigenvalue weighted by molar-refractivity contribution is -0.137. The maximum atomic E-state index is 12.9. The lowest BCUT2D eigenvalue weighted by Crippen LogP contribution is -2.47. The number of aromatic nitrogens is 2. The van der Waals surface area contributed by atoms with Crippen molar-refractivity contribution in [3.63, 3.8) is 0 Å². The lowest BCUT2D eigenvalue weighted by Gasteiger charge is -2.40. The summed E-state index contributed by atoms with van der Waals surface area (Å²) in [4.78, 5) is 25.0. The summed E-state index contributed by atoms with van der Waals surface area (Å²) < 4.78 is 44.2. The molecule has 7 nitrogen and oxygen atoms in total. The number of thiazole rings is 1. The number of ether oxygens (including phenoxy) is 1. The van der Waals surface area contributed by atoms with E-state index < -0.39 is 11.7 Å². The van der Waals surface area contributed by atoms with E-state index in [-0.39, 0.29) is 17.6 Å². The molecule has 0 saturated carbocycles. The maximum absolute atomic E-state index is 12.9. The first kappa shape index (κ1) is 37.2. The Labute approximate surface area is 306 Å². The number of hydrogen-bond acceptors (Lipinski definition) is 6. The number of aryl methyl sites for hydroxylation is 2. The van der Waals surface area contributed by atoms with Crippen LogP contribution in [0.25, 0.3) is 27.7 Å². The van der Waals surface area contributed by atoms with Crippen molar-refractivity contribution in [1.29, 1.82) is 0 Å². The van der Waals surface area contributed by atoms with Crippen molar-refractivity contribution in [3.8, 4) is 22.8 Å². The summed E-state index contributed by atoms with van der Waals surface area (Å²) in [7, 11) is 2.15. The molecule has 52 heavy (non-hydrogen) atoms. The molecule has 2 aromatic heterocycles. The van der Waals surface area contributed by atoms with Gasteiger partial charge in [-0.25, -0.2) is 4.98 Å². The van der Waals surface area contributed by atoms with Crippen molar-refractivity contribution in [1.82, 2.24) is 19.8 Å². The van der Waals surface area contributed by atoms with Gasteiger partial charge in [0.15, 0.2) is 0 Å². The summed E-state index contributed by atoms with van der Waals surface area (Å²) in [6, 6.07) is 17.2. The highest BCUT2D eigenvalue weighted by Crippen LogP contribution is 2.41. The standard InChI is InChI=1S/C21H20F3NO2S.C20H25N3O/c1-14-11-17(8-9-19(14)26)27-10-3-2-7-20-25-18(13-28-20)15-5-4-6-16(12-15)21(22,23)24;1-4-23(5-2)20(24)14-9-16-15-7-6-8-17-19(15)13(11-21-17)10-18(16)22(3)12-14/h4-6,8-9,11-13,26H,2-3,7,10H2,1H3;6-9,11,14,18,21H,4-5,10,12H2,1-3H3/t;14-,18-/m.1/s1. The normalized spacial score (nSPS) is 16.9. The Balaban J connectivity index is 0.000000180. The number of rotatable bonds is 10. The van der Waals surface area contributed by atoms with Crippen LogP contribution in [0.2, 0.25) is 0 Å². The largest absolute Gasteiger partial charge is 0.508 e. The zero-order valence-electron chi connectivity index (χ0n) is 30.0. The number of unbranched alkanes of at least 4 members (excludes halogenated alkanes) is 1. The van der Waals surface area contributed by atoms with Crippen molar-refractivity contribution in [2.45, 2.75) is 58.7 Å². The van der Waals surface area contributed by atoms with Crippen LogP contribution in [0.5, 0.6) is 11.5 Å². The van der Waals surface area contributed by atoms with Gasteiger partial charge in [-0.2, -0.15) is 13.2 Å². The van der Waals surface area contributed by atoms with E-state index in [9.17, 15) is 23.1 Å². The maximum Gasteiger partial charge on any atom is 0.416 e. The number of nitrogens with zero attached hydrogens (tertiary/aromatic N) is 3. The number of phenolic OH excluding ortho intramolecular Hbond substituents is 1. The van der Waals surface area contributed by atoms with Gasteiger partial charge in [0.2, 0.25) is 5.91 Å². The minimum atomic E-state index is -4.36. The van der Waals surface area contributed by atoms with Crippen molar-refractivity contribution in [3.05, 3.63) is 106 Å². The zero-order chi connectivity index (χ0) is 37.0. The van der Waals surface area contributed by atoms with Crippen molar-refractivity contribution in [2.24, 2.45) is 5.92 Å². The van der Waals surface area contributed by atoms with E-state index in [0.29, 0.717) is 23.9 Å². The summed E-state index contributed by atoms with van der Waals surface area (Å²) >= 11 is 1.45. The molecule has 7 rings (SSSR count). The summed E-state index contributed by atoms with van der Waals surface area (Å²) in [6.45, 7) is 8.83. The zero-order valence-corrected chi connectivity index (χ0v) is 30.8. The number of hydrogen-bond donors (Lipinski definition) is 2.